The first-order valence-corrected chi connectivity index (χ1v) is 2.86. The fourth-order valence-corrected chi connectivity index (χ4v) is 0.737. The van der Waals surface area contributed by atoms with E-state index in [-0.39, 0.29) is 5.75 Å². The summed E-state index contributed by atoms with van der Waals surface area (Å²) in [4.78, 5) is 13.6. The standard InChI is InChI=1S/C4H3NO2S/c6-3-1-8-2-5-4(3)7/h1-2,6H. The summed E-state index contributed by atoms with van der Waals surface area (Å²) in [5.41, 5.74) is 0.811. The van der Waals surface area contributed by atoms with E-state index >= 15 is 0 Å². The largest absolute Gasteiger partial charge is 0.502 e. The van der Waals surface area contributed by atoms with E-state index in [4.69, 9.17) is 5.11 Å². The van der Waals surface area contributed by atoms with Crippen LogP contribution in [0.1, 0.15) is 0 Å². The SMILES string of the molecule is O=c1ncscc1O. The highest BCUT2D eigenvalue weighted by Crippen LogP contribution is 1.99. The van der Waals surface area contributed by atoms with Gasteiger partial charge in [-0.1, -0.05) is 0 Å². The number of aromatic hydroxyl groups is 1. The maximum Gasteiger partial charge on any atom is 0.313 e. The first-order valence-electron chi connectivity index (χ1n) is 1.92. The minimum atomic E-state index is -0.566. The number of hydrogen-bond acceptors (Lipinski definition) is 4. The summed E-state index contributed by atoms with van der Waals surface area (Å²) >= 11 is 1.18. The lowest BCUT2D eigenvalue weighted by Gasteiger charge is -1.80. The highest BCUT2D eigenvalue weighted by atomic mass is 32.1. The summed E-state index contributed by atoms with van der Waals surface area (Å²) in [6, 6.07) is 0. The summed E-state index contributed by atoms with van der Waals surface area (Å²) in [5, 5.41) is 9.90. The molecule has 1 aromatic heterocycles. The average Bonchev–Trinajstić information content (AvgIpc) is 1.77. The molecule has 0 atom stereocenters. The third-order valence-corrected chi connectivity index (χ3v) is 1.22. The maximum atomic E-state index is 10.3. The Morgan fingerprint density at radius 3 is 2.88 bits per heavy atom. The van der Waals surface area contributed by atoms with Gasteiger partial charge in [-0.2, -0.15) is 0 Å². The first-order chi connectivity index (χ1) is 3.80. The summed E-state index contributed by atoms with van der Waals surface area (Å²) in [5.74, 6) is -0.280. The van der Waals surface area contributed by atoms with Crippen molar-refractivity contribution >= 4 is 11.3 Å². The molecule has 1 rings (SSSR count). The number of aromatic nitrogens is 1. The van der Waals surface area contributed by atoms with Crippen LogP contribution in [0.2, 0.25) is 0 Å². The Kier molecular flexibility index (Phi) is 1.26. The molecule has 1 N–H and O–H groups in total. The summed E-state index contributed by atoms with van der Waals surface area (Å²) in [6.07, 6.45) is 0. The molecule has 3 nitrogen and oxygen atoms in total. The highest BCUT2D eigenvalue weighted by Gasteiger charge is 1.89. The van der Waals surface area contributed by atoms with Gasteiger partial charge in [0, 0.05) is 5.38 Å². The normalized spacial score (nSPS) is 9.00. The van der Waals surface area contributed by atoms with Crippen molar-refractivity contribution in [2.24, 2.45) is 0 Å². The van der Waals surface area contributed by atoms with Crippen LogP contribution in [0.25, 0.3) is 0 Å². The molecule has 0 amide bonds. The van der Waals surface area contributed by atoms with Gasteiger partial charge in [-0.15, -0.1) is 11.3 Å². The fourth-order valence-electron chi connectivity index (χ4n) is 0.290. The van der Waals surface area contributed by atoms with Crippen molar-refractivity contribution in [1.29, 1.82) is 0 Å². The van der Waals surface area contributed by atoms with Crippen molar-refractivity contribution < 1.29 is 5.11 Å². The molecule has 1 heterocycles. The van der Waals surface area contributed by atoms with Gasteiger partial charge >= 0.3 is 5.56 Å². The molecule has 0 aromatic carbocycles. The quantitative estimate of drug-likeness (QED) is 0.544. The smallest absolute Gasteiger partial charge is 0.313 e. The Balaban J connectivity index is 3.35. The van der Waals surface area contributed by atoms with Crippen molar-refractivity contribution in [3.8, 4) is 5.75 Å². The molecular formula is C4H3NO2S. The van der Waals surface area contributed by atoms with Crippen LogP contribution in [-0.2, 0) is 0 Å². The molecule has 0 unspecified atom stereocenters. The third-order valence-electron chi connectivity index (χ3n) is 0.630. The monoisotopic (exact) mass is 129 g/mol. The lowest BCUT2D eigenvalue weighted by Crippen LogP contribution is -2.00. The Bertz CT molecular complexity index is 231. The summed E-state index contributed by atoms with van der Waals surface area (Å²) in [7, 11) is 0. The van der Waals surface area contributed by atoms with Gasteiger partial charge in [-0.25, -0.2) is 4.98 Å². The third kappa shape index (κ3) is 0.840. The molecule has 0 spiro atoms. The van der Waals surface area contributed by atoms with Gasteiger partial charge in [0.15, 0.2) is 5.75 Å². The van der Waals surface area contributed by atoms with Crippen LogP contribution >= 0.6 is 11.3 Å². The fraction of sp³-hybridized carbons (Fsp3) is 0. The zero-order chi connectivity index (χ0) is 5.98. The molecule has 0 saturated carbocycles. The molecular weight excluding hydrogens is 126 g/mol. The minimum Gasteiger partial charge on any atom is -0.502 e. The predicted molar refractivity (Wildman–Crippen MR) is 30.0 cm³/mol. The molecule has 4 heteroatoms. The van der Waals surface area contributed by atoms with Crippen molar-refractivity contribution in [1.82, 2.24) is 4.98 Å². The van der Waals surface area contributed by atoms with Crippen LogP contribution in [0.3, 0.4) is 0 Å². The van der Waals surface area contributed by atoms with Crippen LogP contribution in [0.15, 0.2) is 15.7 Å². The van der Waals surface area contributed by atoms with E-state index in [9.17, 15) is 4.79 Å². The Morgan fingerprint density at radius 1 is 1.75 bits per heavy atom. The van der Waals surface area contributed by atoms with E-state index in [1.165, 1.54) is 22.2 Å². The molecule has 8 heavy (non-hydrogen) atoms. The van der Waals surface area contributed by atoms with E-state index in [1.807, 2.05) is 0 Å². The van der Waals surface area contributed by atoms with E-state index in [0.717, 1.165) is 0 Å². The zero-order valence-corrected chi connectivity index (χ0v) is 4.68. The number of nitrogens with zero attached hydrogens (tertiary/aromatic N) is 1. The number of rotatable bonds is 0. The van der Waals surface area contributed by atoms with Crippen molar-refractivity contribution in [3.63, 3.8) is 0 Å². The molecule has 42 valence electrons. The molecule has 0 fully saturated rings. The molecule has 0 aliphatic carbocycles. The zero-order valence-electron chi connectivity index (χ0n) is 3.87. The number of hydrogen-bond donors (Lipinski definition) is 1. The Hall–Kier alpha value is -0.900. The second kappa shape index (κ2) is 1.92. The lowest BCUT2D eigenvalue weighted by atomic mass is 10.7. The Labute approximate surface area is 49.3 Å². The van der Waals surface area contributed by atoms with Gasteiger partial charge in [0.2, 0.25) is 0 Å². The minimum absolute atomic E-state index is 0.280. The van der Waals surface area contributed by atoms with Crippen LogP contribution < -0.4 is 5.56 Å². The molecule has 0 saturated heterocycles. The molecule has 0 radical (unpaired) electrons. The van der Waals surface area contributed by atoms with Gasteiger partial charge in [0.05, 0.1) is 5.51 Å². The molecule has 1 aromatic rings. The first kappa shape index (κ1) is 5.24. The van der Waals surface area contributed by atoms with Crippen LogP contribution in [0.5, 0.6) is 5.75 Å². The van der Waals surface area contributed by atoms with Gasteiger partial charge in [0.1, 0.15) is 0 Å². The maximum absolute atomic E-state index is 10.3. The highest BCUT2D eigenvalue weighted by molar-refractivity contribution is 7.07. The van der Waals surface area contributed by atoms with E-state index in [0.29, 0.717) is 0 Å². The summed E-state index contributed by atoms with van der Waals surface area (Å²) in [6.45, 7) is 0. The van der Waals surface area contributed by atoms with E-state index in [1.54, 1.807) is 0 Å². The van der Waals surface area contributed by atoms with E-state index in [2.05, 4.69) is 4.98 Å². The van der Waals surface area contributed by atoms with Crippen LogP contribution in [-0.4, -0.2) is 10.1 Å². The Morgan fingerprint density at radius 2 is 2.50 bits per heavy atom. The predicted octanol–water partition coefficient (Wildman–Crippen LogP) is 0.209. The van der Waals surface area contributed by atoms with Gasteiger partial charge < -0.3 is 5.11 Å². The molecule has 0 bridgehead atoms. The van der Waals surface area contributed by atoms with Crippen LogP contribution in [0.4, 0.5) is 0 Å². The van der Waals surface area contributed by atoms with Crippen LogP contribution in [0, 0.1) is 0 Å². The molecule has 0 aliphatic heterocycles. The second-order valence-electron chi connectivity index (χ2n) is 1.18. The average molecular weight is 129 g/mol. The van der Waals surface area contributed by atoms with Crippen molar-refractivity contribution in [2.45, 2.75) is 0 Å². The van der Waals surface area contributed by atoms with E-state index < -0.39 is 5.56 Å². The van der Waals surface area contributed by atoms with Crippen molar-refractivity contribution in [2.75, 3.05) is 0 Å². The van der Waals surface area contributed by atoms with Gasteiger partial charge in [0.25, 0.3) is 0 Å². The second-order valence-corrected chi connectivity index (χ2v) is 1.90. The van der Waals surface area contributed by atoms with Gasteiger partial charge in [-0.05, 0) is 0 Å². The lowest BCUT2D eigenvalue weighted by molar-refractivity contribution is 0.469. The topological polar surface area (TPSA) is 50.2 Å². The van der Waals surface area contributed by atoms with Crippen molar-refractivity contribution in [3.05, 3.63) is 21.2 Å². The summed E-state index contributed by atoms with van der Waals surface area (Å²) < 4.78 is 0. The molecule has 0 aliphatic rings. The van der Waals surface area contributed by atoms with Gasteiger partial charge in [-0.3, -0.25) is 4.79 Å².